The number of ether oxygens (including phenoxy) is 2. The lowest BCUT2D eigenvalue weighted by atomic mass is 10.1. The zero-order valence-corrected chi connectivity index (χ0v) is 10.3. The number of hydrogen-bond donors (Lipinski definition) is 1. The highest BCUT2D eigenvalue weighted by atomic mass is 16.5. The van der Waals surface area contributed by atoms with Gasteiger partial charge >= 0.3 is 0 Å². The Bertz CT molecular complexity index is 442. The molecule has 0 radical (unpaired) electrons. The first-order valence-corrected chi connectivity index (χ1v) is 6.38. The van der Waals surface area contributed by atoms with Gasteiger partial charge in [0.1, 0.15) is 12.4 Å². The van der Waals surface area contributed by atoms with E-state index in [1.54, 1.807) is 6.33 Å². The van der Waals surface area contributed by atoms with Crippen molar-refractivity contribution >= 4 is 5.57 Å². The molecule has 1 aromatic heterocycles. The Balaban J connectivity index is 1.73. The molecule has 0 spiro atoms. The summed E-state index contributed by atoms with van der Waals surface area (Å²) in [5.41, 5.74) is 2.17. The number of nitrogens with zero attached hydrogens (tertiary/aromatic N) is 2. The Labute approximate surface area is 106 Å². The van der Waals surface area contributed by atoms with Gasteiger partial charge < -0.3 is 14.8 Å². The second-order valence-electron chi connectivity index (χ2n) is 4.53. The summed E-state index contributed by atoms with van der Waals surface area (Å²) in [5.74, 6) is 0.668. The third-order valence-corrected chi connectivity index (χ3v) is 3.24. The monoisotopic (exact) mass is 247 g/mol. The summed E-state index contributed by atoms with van der Waals surface area (Å²) in [6.07, 6.45) is 5.82. The van der Waals surface area contributed by atoms with E-state index in [-0.39, 0.29) is 6.10 Å². The van der Waals surface area contributed by atoms with E-state index < -0.39 is 0 Å². The van der Waals surface area contributed by atoms with Crippen LogP contribution in [0.2, 0.25) is 0 Å². The first kappa shape index (κ1) is 11.6. The van der Waals surface area contributed by atoms with Crippen LogP contribution in [0.25, 0.3) is 5.57 Å². The normalized spacial score (nSPS) is 23.8. The van der Waals surface area contributed by atoms with E-state index >= 15 is 0 Å². The van der Waals surface area contributed by atoms with Gasteiger partial charge in [-0.05, 0) is 25.0 Å². The van der Waals surface area contributed by atoms with Crippen molar-refractivity contribution in [2.75, 3.05) is 26.3 Å². The largest absolute Gasteiger partial charge is 0.473 e. The number of aromatic nitrogens is 2. The van der Waals surface area contributed by atoms with Crippen molar-refractivity contribution in [3.8, 4) is 5.88 Å². The lowest BCUT2D eigenvalue weighted by Gasteiger charge is -2.15. The van der Waals surface area contributed by atoms with Crippen molar-refractivity contribution in [2.24, 2.45) is 0 Å². The highest BCUT2D eigenvalue weighted by Gasteiger charge is 2.17. The molecular formula is C13H17N3O2. The number of hydrogen-bond acceptors (Lipinski definition) is 5. The zero-order valence-electron chi connectivity index (χ0n) is 10.3. The fraction of sp³-hybridized carbons (Fsp3) is 0.538. The van der Waals surface area contributed by atoms with Crippen LogP contribution in [-0.2, 0) is 4.74 Å². The SMILES string of the molecule is C1=C(c2cc(OC3CCNC3)ncn2)CCOC1. The van der Waals surface area contributed by atoms with Crippen LogP contribution in [0, 0.1) is 0 Å². The summed E-state index contributed by atoms with van der Waals surface area (Å²) in [5, 5.41) is 3.27. The minimum absolute atomic E-state index is 0.233. The van der Waals surface area contributed by atoms with E-state index in [1.807, 2.05) is 6.07 Å². The lowest BCUT2D eigenvalue weighted by Crippen LogP contribution is -2.20. The molecule has 3 rings (SSSR count). The quantitative estimate of drug-likeness (QED) is 0.864. The van der Waals surface area contributed by atoms with Crippen LogP contribution in [0.15, 0.2) is 18.5 Å². The van der Waals surface area contributed by atoms with Gasteiger partial charge in [-0.15, -0.1) is 0 Å². The average molecular weight is 247 g/mol. The summed E-state index contributed by atoms with van der Waals surface area (Å²) in [7, 11) is 0. The van der Waals surface area contributed by atoms with Gasteiger partial charge in [0.15, 0.2) is 0 Å². The Morgan fingerprint density at radius 2 is 2.39 bits per heavy atom. The number of rotatable bonds is 3. The van der Waals surface area contributed by atoms with Gasteiger partial charge in [-0.2, -0.15) is 0 Å². The van der Waals surface area contributed by atoms with Crippen molar-refractivity contribution in [2.45, 2.75) is 18.9 Å². The van der Waals surface area contributed by atoms with Gasteiger partial charge in [0.05, 0.1) is 18.9 Å². The van der Waals surface area contributed by atoms with Crippen molar-refractivity contribution in [3.63, 3.8) is 0 Å². The van der Waals surface area contributed by atoms with E-state index in [9.17, 15) is 0 Å². The zero-order chi connectivity index (χ0) is 12.2. The molecule has 1 saturated heterocycles. The molecule has 0 aliphatic carbocycles. The fourth-order valence-electron chi connectivity index (χ4n) is 2.24. The van der Waals surface area contributed by atoms with Crippen LogP contribution in [0.4, 0.5) is 0 Å². The summed E-state index contributed by atoms with van der Waals surface area (Å²) in [4.78, 5) is 8.49. The van der Waals surface area contributed by atoms with Gasteiger partial charge in [-0.1, -0.05) is 6.08 Å². The predicted octanol–water partition coefficient (Wildman–Crippen LogP) is 1.02. The van der Waals surface area contributed by atoms with Crippen LogP contribution >= 0.6 is 0 Å². The second-order valence-corrected chi connectivity index (χ2v) is 4.53. The van der Waals surface area contributed by atoms with Gasteiger partial charge in [0.2, 0.25) is 5.88 Å². The third-order valence-electron chi connectivity index (χ3n) is 3.24. The molecule has 18 heavy (non-hydrogen) atoms. The molecule has 5 nitrogen and oxygen atoms in total. The minimum Gasteiger partial charge on any atom is -0.473 e. The van der Waals surface area contributed by atoms with Crippen molar-refractivity contribution in [3.05, 3.63) is 24.2 Å². The Kier molecular flexibility index (Phi) is 3.52. The van der Waals surface area contributed by atoms with Crippen molar-refractivity contribution < 1.29 is 9.47 Å². The molecule has 2 aliphatic rings. The molecule has 96 valence electrons. The van der Waals surface area contributed by atoms with Gasteiger partial charge in [0.25, 0.3) is 0 Å². The summed E-state index contributed by atoms with van der Waals surface area (Å²) >= 11 is 0. The fourth-order valence-corrected chi connectivity index (χ4v) is 2.24. The molecule has 1 fully saturated rings. The summed E-state index contributed by atoms with van der Waals surface area (Å²) < 4.78 is 11.1. The molecule has 1 aromatic rings. The molecule has 0 aromatic carbocycles. The molecular weight excluding hydrogens is 230 g/mol. The molecule has 1 atom stereocenters. The first-order valence-electron chi connectivity index (χ1n) is 6.38. The van der Waals surface area contributed by atoms with E-state index in [2.05, 4.69) is 21.4 Å². The maximum Gasteiger partial charge on any atom is 0.217 e. The maximum absolute atomic E-state index is 5.83. The topological polar surface area (TPSA) is 56.3 Å². The van der Waals surface area contributed by atoms with Crippen LogP contribution in [0.3, 0.4) is 0 Å². The second kappa shape index (κ2) is 5.46. The molecule has 0 saturated carbocycles. The Hall–Kier alpha value is -1.46. The van der Waals surface area contributed by atoms with Gasteiger partial charge in [-0.25, -0.2) is 9.97 Å². The molecule has 0 amide bonds. The van der Waals surface area contributed by atoms with Crippen LogP contribution < -0.4 is 10.1 Å². The Morgan fingerprint density at radius 3 is 3.17 bits per heavy atom. The smallest absolute Gasteiger partial charge is 0.217 e. The standard InChI is InChI=1S/C13H17N3O2/c1-4-14-8-11(1)18-13-7-12(15-9-16-13)10-2-5-17-6-3-10/h2,7,9,11,14H,1,3-6,8H2. The minimum atomic E-state index is 0.233. The van der Waals surface area contributed by atoms with Crippen LogP contribution in [-0.4, -0.2) is 42.4 Å². The molecule has 1 unspecified atom stereocenters. The van der Waals surface area contributed by atoms with Crippen molar-refractivity contribution in [1.82, 2.24) is 15.3 Å². The number of nitrogens with one attached hydrogen (secondary N) is 1. The van der Waals surface area contributed by atoms with E-state index in [1.165, 1.54) is 5.57 Å². The van der Waals surface area contributed by atoms with Gasteiger partial charge in [-0.3, -0.25) is 0 Å². The van der Waals surface area contributed by atoms with Crippen LogP contribution in [0.5, 0.6) is 5.88 Å². The van der Waals surface area contributed by atoms with Crippen molar-refractivity contribution in [1.29, 1.82) is 0 Å². The van der Waals surface area contributed by atoms with E-state index in [4.69, 9.17) is 9.47 Å². The lowest BCUT2D eigenvalue weighted by molar-refractivity contribution is 0.161. The average Bonchev–Trinajstić information content (AvgIpc) is 2.93. The maximum atomic E-state index is 5.83. The molecule has 5 heteroatoms. The summed E-state index contributed by atoms with van der Waals surface area (Å²) in [6, 6.07) is 1.93. The highest BCUT2D eigenvalue weighted by Crippen LogP contribution is 2.22. The highest BCUT2D eigenvalue weighted by molar-refractivity contribution is 5.63. The third kappa shape index (κ3) is 2.68. The van der Waals surface area contributed by atoms with E-state index in [0.29, 0.717) is 12.5 Å². The summed E-state index contributed by atoms with van der Waals surface area (Å²) in [6.45, 7) is 3.35. The van der Waals surface area contributed by atoms with Crippen LogP contribution in [0.1, 0.15) is 18.5 Å². The first-order chi connectivity index (χ1) is 8.92. The Morgan fingerprint density at radius 1 is 1.39 bits per heavy atom. The molecule has 2 aliphatic heterocycles. The molecule has 3 heterocycles. The van der Waals surface area contributed by atoms with Gasteiger partial charge in [0, 0.05) is 12.6 Å². The predicted molar refractivity (Wildman–Crippen MR) is 67.3 cm³/mol. The van der Waals surface area contributed by atoms with E-state index in [0.717, 1.165) is 38.2 Å². The molecule has 1 N–H and O–H groups in total. The molecule has 0 bridgehead atoms.